The summed E-state index contributed by atoms with van der Waals surface area (Å²) < 4.78 is 5.01. The van der Waals surface area contributed by atoms with Crippen molar-refractivity contribution in [1.82, 2.24) is 4.98 Å². The fourth-order valence-corrected chi connectivity index (χ4v) is 1.45. The molecule has 0 atom stereocenters. The van der Waals surface area contributed by atoms with E-state index in [1.54, 1.807) is 24.4 Å². The van der Waals surface area contributed by atoms with Crippen molar-refractivity contribution < 1.29 is 14.6 Å². The highest BCUT2D eigenvalue weighted by Crippen LogP contribution is 2.23. The molecular weight excluding hydrogens is 194 g/mol. The van der Waals surface area contributed by atoms with Crippen molar-refractivity contribution in [2.45, 2.75) is 0 Å². The van der Waals surface area contributed by atoms with Crippen molar-refractivity contribution in [3.63, 3.8) is 0 Å². The van der Waals surface area contributed by atoms with Crippen LogP contribution in [0, 0.1) is 0 Å². The van der Waals surface area contributed by atoms with Crippen LogP contribution in [0.5, 0.6) is 5.75 Å². The maximum Gasteiger partial charge on any atom is 0.336 e. The van der Waals surface area contributed by atoms with Crippen LogP contribution in [0.4, 0.5) is 0 Å². The van der Waals surface area contributed by atoms with Gasteiger partial charge in [-0.1, -0.05) is 6.07 Å². The molecule has 4 heteroatoms. The van der Waals surface area contributed by atoms with Crippen LogP contribution >= 0.6 is 0 Å². The molecule has 1 aromatic carbocycles. The smallest absolute Gasteiger partial charge is 0.336 e. The van der Waals surface area contributed by atoms with Crippen molar-refractivity contribution in [2.75, 3.05) is 7.11 Å². The highest BCUT2D eigenvalue weighted by molar-refractivity contribution is 6.03. The first-order valence-electron chi connectivity index (χ1n) is 4.38. The predicted octanol–water partition coefficient (Wildman–Crippen LogP) is 1.94. The summed E-state index contributed by atoms with van der Waals surface area (Å²) in [5.74, 6) is -0.481. The van der Waals surface area contributed by atoms with Gasteiger partial charge in [-0.15, -0.1) is 0 Å². The SMILES string of the molecule is COc1cc(C(=O)O)c2cccnc2c1. The van der Waals surface area contributed by atoms with Crippen molar-refractivity contribution in [2.24, 2.45) is 0 Å². The number of hydrogen-bond donors (Lipinski definition) is 1. The Morgan fingerprint density at radius 3 is 2.93 bits per heavy atom. The van der Waals surface area contributed by atoms with Gasteiger partial charge >= 0.3 is 5.97 Å². The van der Waals surface area contributed by atoms with Gasteiger partial charge in [-0.05, 0) is 12.1 Å². The summed E-state index contributed by atoms with van der Waals surface area (Å²) in [6.45, 7) is 0. The Morgan fingerprint density at radius 2 is 2.27 bits per heavy atom. The molecule has 2 aromatic rings. The normalized spacial score (nSPS) is 10.2. The Kier molecular flexibility index (Phi) is 2.25. The Bertz CT molecular complexity index is 522. The zero-order valence-corrected chi connectivity index (χ0v) is 8.10. The van der Waals surface area contributed by atoms with E-state index >= 15 is 0 Å². The number of carboxylic acid groups (broad SMARTS) is 1. The van der Waals surface area contributed by atoms with E-state index in [9.17, 15) is 4.79 Å². The van der Waals surface area contributed by atoms with Gasteiger partial charge in [0.25, 0.3) is 0 Å². The van der Waals surface area contributed by atoms with Gasteiger partial charge in [0.2, 0.25) is 0 Å². The minimum atomic E-state index is -0.980. The van der Waals surface area contributed by atoms with Gasteiger partial charge in [0.1, 0.15) is 5.75 Å². The molecule has 1 aromatic heterocycles. The van der Waals surface area contributed by atoms with Crippen LogP contribution in [0.25, 0.3) is 10.9 Å². The molecule has 15 heavy (non-hydrogen) atoms. The van der Waals surface area contributed by atoms with Gasteiger partial charge in [-0.25, -0.2) is 4.79 Å². The number of fused-ring (bicyclic) bond motifs is 1. The first kappa shape index (κ1) is 9.45. The molecule has 0 radical (unpaired) electrons. The summed E-state index contributed by atoms with van der Waals surface area (Å²) in [5, 5.41) is 9.64. The number of pyridine rings is 1. The Morgan fingerprint density at radius 1 is 1.47 bits per heavy atom. The molecule has 0 saturated carbocycles. The molecule has 0 aliphatic rings. The van der Waals surface area contributed by atoms with Crippen molar-refractivity contribution in [3.05, 3.63) is 36.0 Å². The number of rotatable bonds is 2. The second-order valence-corrected chi connectivity index (χ2v) is 3.05. The zero-order valence-electron chi connectivity index (χ0n) is 8.10. The van der Waals surface area contributed by atoms with Gasteiger partial charge < -0.3 is 9.84 Å². The van der Waals surface area contributed by atoms with Crippen molar-refractivity contribution >= 4 is 16.9 Å². The van der Waals surface area contributed by atoms with E-state index in [0.717, 1.165) is 0 Å². The van der Waals surface area contributed by atoms with E-state index in [2.05, 4.69) is 4.98 Å². The number of benzene rings is 1. The standard InChI is InChI=1S/C11H9NO3/c1-15-7-5-9(11(13)14)8-3-2-4-12-10(8)6-7/h2-6H,1H3,(H,13,14). The second kappa shape index (κ2) is 3.57. The molecule has 0 saturated heterocycles. The van der Waals surface area contributed by atoms with Gasteiger partial charge in [-0.3, -0.25) is 4.98 Å². The highest BCUT2D eigenvalue weighted by atomic mass is 16.5. The maximum absolute atomic E-state index is 11.0. The summed E-state index contributed by atoms with van der Waals surface area (Å²) in [6, 6.07) is 6.64. The van der Waals surface area contributed by atoms with Crippen molar-refractivity contribution in [3.8, 4) is 5.75 Å². The minimum Gasteiger partial charge on any atom is -0.497 e. The number of nitrogens with zero attached hydrogens (tertiary/aromatic N) is 1. The van der Waals surface area contributed by atoms with E-state index in [0.29, 0.717) is 16.7 Å². The summed E-state index contributed by atoms with van der Waals surface area (Å²) >= 11 is 0. The molecule has 0 spiro atoms. The second-order valence-electron chi connectivity index (χ2n) is 3.05. The average Bonchev–Trinajstić information content (AvgIpc) is 2.27. The third-order valence-electron chi connectivity index (χ3n) is 2.16. The first-order valence-corrected chi connectivity index (χ1v) is 4.38. The third-order valence-corrected chi connectivity index (χ3v) is 2.16. The molecule has 0 amide bonds. The van der Waals surface area contributed by atoms with E-state index in [4.69, 9.17) is 9.84 Å². The van der Waals surface area contributed by atoms with Crippen LogP contribution in [0.15, 0.2) is 30.5 Å². The zero-order chi connectivity index (χ0) is 10.8. The number of carbonyl (C=O) groups is 1. The van der Waals surface area contributed by atoms with Crippen LogP contribution in [-0.4, -0.2) is 23.2 Å². The Hall–Kier alpha value is -2.10. The lowest BCUT2D eigenvalue weighted by molar-refractivity contribution is 0.0698. The predicted molar refractivity (Wildman–Crippen MR) is 55.3 cm³/mol. The third kappa shape index (κ3) is 1.61. The highest BCUT2D eigenvalue weighted by Gasteiger charge is 2.10. The van der Waals surface area contributed by atoms with Crippen LogP contribution in [0.1, 0.15) is 10.4 Å². The number of aromatic nitrogens is 1. The topological polar surface area (TPSA) is 59.4 Å². The van der Waals surface area contributed by atoms with Gasteiger partial charge in [0, 0.05) is 17.6 Å². The average molecular weight is 203 g/mol. The number of ether oxygens (including phenoxy) is 1. The number of methoxy groups -OCH3 is 1. The molecule has 0 fully saturated rings. The lowest BCUT2D eigenvalue weighted by Crippen LogP contribution is -1.99. The molecule has 0 unspecified atom stereocenters. The summed E-state index contributed by atoms with van der Waals surface area (Å²) in [7, 11) is 1.50. The molecule has 1 heterocycles. The van der Waals surface area contributed by atoms with Gasteiger partial charge in [0.15, 0.2) is 0 Å². The van der Waals surface area contributed by atoms with Crippen molar-refractivity contribution in [1.29, 1.82) is 0 Å². The summed E-state index contributed by atoms with van der Waals surface area (Å²) in [5.41, 5.74) is 0.826. The molecule has 4 nitrogen and oxygen atoms in total. The van der Waals surface area contributed by atoms with Crippen LogP contribution < -0.4 is 4.74 Å². The summed E-state index contributed by atoms with van der Waals surface area (Å²) in [6.07, 6.45) is 1.62. The van der Waals surface area contributed by atoms with E-state index < -0.39 is 5.97 Å². The monoisotopic (exact) mass is 203 g/mol. The molecule has 0 aliphatic carbocycles. The fourth-order valence-electron chi connectivity index (χ4n) is 1.45. The molecule has 0 aliphatic heterocycles. The molecule has 0 bridgehead atoms. The van der Waals surface area contributed by atoms with Gasteiger partial charge in [-0.2, -0.15) is 0 Å². The largest absolute Gasteiger partial charge is 0.497 e. The molecule has 2 rings (SSSR count). The maximum atomic E-state index is 11.0. The Labute approximate surface area is 86.1 Å². The first-order chi connectivity index (χ1) is 7.22. The molecule has 1 N–H and O–H groups in total. The minimum absolute atomic E-state index is 0.206. The van der Waals surface area contributed by atoms with Crippen LogP contribution in [-0.2, 0) is 0 Å². The fraction of sp³-hybridized carbons (Fsp3) is 0.0909. The van der Waals surface area contributed by atoms with Gasteiger partial charge in [0.05, 0.1) is 18.2 Å². The number of hydrogen-bond acceptors (Lipinski definition) is 3. The number of carboxylic acids is 1. The quantitative estimate of drug-likeness (QED) is 0.810. The number of aromatic carboxylic acids is 1. The lowest BCUT2D eigenvalue weighted by Gasteiger charge is -2.05. The lowest BCUT2D eigenvalue weighted by atomic mass is 10.1. The van der Waals surface area contributed by atoms with E-state index in [-0.39, 0.29) is 5.56 Å². The molecule has 76 valence electrons. The summed E-state index contributed by atoms with van der Waals surface area (Å²) in [4.78, 5) is 15.1. The van der Waals surface area contributed by atoms with Crippen LogP contribution in [0.2, 0.25) is 0 Å². The Balaban J connectivity index is 2.80. The van der Waals surface area contributed by atoms with E-state index in [1.807, 2.05) is 0 Å². The van der Waals surface area contributed by atoms with E-state index in [1.165, 1.54) is 13.2 Å². The molecular formula is C11H9NO3. The van der Waals surface area contributed by atoms with Crippen LogP contribution in [0.3, 0.4) is 0 Å².